The van der Waals surface area contributed by atoms with Crippen molar-refractivity contribution >= 4 is 10.4 Å². The van der Waals surface area contributed by atoms with Gasteiger partial charge in [0.15, 0.2) is 12.6 Å². The fourth-order valence-electron chi connectivity index (χ4n) is 2.73. The zero-order valence-corrected chi connectivity index (χ0v) is 14.3. The molecule has 0 spiro atoms. The Kier molecular flexibility index (Phi) is 6.92. The van der Waals surface area contributed by atoms with E-state index < -0.39 is 78.4 Å². The number of aliphatic hydroxyl groups excluding tert-OH is 6. The maximum absolute atomic E-state index is 11.0. The van der Waals surface area contributed by atoms with E-state index in [9.17, 15) is 34.0 Å². The van der Waals surface area contributed by atoms with Gasteiger partial charge in [0.1, 0.15) is 42.7 Å². The van der Waals surface area contributed by atoms with Crippen LogP contribution in [0.25, 0.3) is 0 Å². The molecule has 26 heavy (non-hydrogen) atoms. The average molecular weight is 406 g/mol. The lowest BCUT2D eigenvalue weighted by molar-refractivity contribution is -0.356. The van der Waals surface area contributed by atoms with Gasteiger partial charge in [0, 0.05) is 0 Å². The van der Waals surface area contributed by atoms with Crippen LogP contribution in [0.5, 0.6) is 0 Å². The quantitative estimate of drug-likeness (QED) is 0.215. The Bertz CT molecular complexity index is 569. The number of hydrogen-bond acceptors (Lipinski definition) is 12. The molecule has 0 aliphatic carbocycles. The summed E-state index contributed by atoms with van der Waals surface area (Å²) in [5.74, 6) is 0. The summed E-state index contributed by atoms with van der Waals surface area (Å²) in [5, 5.41) is 58.5. The summed E-state index contributed by atoms with van der Waals surface area (Å²) in [6, 6.07) is 0. The van der Waals surface area contributed by atoms with E-state index in [0.717, 1.165) is 0 Å². The summed E-state index contributed by atoms with van der Waals surface area (Å²) in [5.41, 5.74) is 0. The largest absolute Gasteiger partial charge is 0.397 e. The molecule has 14 heteroatoms. The molecule has 10 atom stereocenters. The summed E-state index contributed by atoms with van der Waals surface area (Å²) < 4.78 is 50.5. The van der Waals surface area contributed by atoms with Crippen LogP contribution in [0.3, 0.4) is 0 Å². The topological polar surface area (TPSA) is 213 Å². The molecule has 2 fully saturated rings. The number of rotatable bonds is 5. The van der Waals surface area contributed by atoms with Gasteiger partial charge in [0.25, 0.3) is 0 Å². The van der Waals surface area contributed by atoms with Gasteiger partial charge in [0.05, 0.1) is 12.7 Å². The second-order valence-electron chi connectivity index (χ2n) is 6.01. The Morgan fingerprint density at radius 1 is 0.923 bits per heavy atom. The lowest BCUT2D eigenvalue weighted by Crippen LogP contribution is -2.64. The molecule has 2 heterocycles. The SMILES string of the molecule is C[C@@H]1O[C@@H](O[C@@H]2[C@@H](OS(=O)(=O)O)[C@@H](O)[C@@H](CO)O[C@H]2O)[C@@H](O)[C@H](O)[C@@H]1O. The zero-order valence-electron chi connectivity index (χ0n) is 13.5. The second-order valence-corrected chi connectivity index (χ2v) is 7.06. The van der Waals surface area contributed by atoms with E-state index in [1.54, 1.807) is 0 Å². The first-order chi connectivity index (χ1) is 12.0. The summed E-state index contributed by atoms with van der Waals surface area (Å²) in [6.07, 6.45) is -16.6. The summed E-state index contributed by atoms with van der Waals surface area (Å²) in [7, 11) is -5.11. The van der Waals surface area contributed by atoms with E-state index in [2.05, 4.69) is 4.18 Å². The fraction of sp³-hybridized carbons (Fsp3) is 1.00. The molecule has 0 bridgehead atoms. The molecule has 0 aromatic rings. The van der Waals surface area contributed by atoms with Crippen molar-refractivity contribution in [2.45, 2.75) is 68.3 Å². The van der Waals surface area contributed by atoms with E-state index in [1.807, 2.05) is 0 Å². The molecular formula is C12H22O13S. The Morgan fingerprint density at radius 3 is 2.08 bits per heavy atom. The summed E-state index contributed by atoms with van der Waals surface area (Å²) >= 11 is 0. The highest BCUT2D eigenvalue weighted by Gasteiger charge is 2.51. The van der Waals surface area contributed by atoms with Crippen molar-refractivity contribution in [1.29, 1.82) is 0 Å². The van der Waals surface area contributed by atoms with Gasteiger partial charge >= 0.3 is 10.4 Å². The van der Waals surface area contributed by atoms with Crippen LogP contribution in [0.1, 0.15) is 6.92 Å². The third kappa shape index (κ3) is 4.67. The average Bonchev–Trinajstić information content (AvgIpc) is 2.55. The molecule has 2 aliphatic rings. The minimum Gasteiger partial charge on any atom is -0.394 e. The van der Waals surface area contributed by atoms with E-state index in [1.165, 1.54) is 6.92 Å². The monoisotopic (exact) mass is 406 g/mol. The van der Waals surface area contributed by atoms with E-state index in [4.69, 9.17) is 23.9 Å². The molecule has 7 N–H and O–H groups in total. The summed E-state index contributed by atoms with van der Waals surface area (Å²) in [4.78, 5) is 0. The van der Waals surface area contributed by atoms with Crippen LogP contribution in [-0.2, 0) is 28.8 Å². The third-order valence-corrected chi connectivity index (χ3v) is 4.61. The van der Waals surface area contributed by atoms with E-state index in [-0.39, 0.29) is 0 Å². The predicted molar refractivity (Wildman–Crippen MR) is 77.6 cm³/mol. The molecule has 0 aromatic carbocycles. The van der Waals surface area contributed by atoms with Crippen molar-refractivity contribution in [3.63, 3.8) is 0 Å². The Balaban J connectivity index is 2.23. The smallest absolute Gasteiger partial charge is 0.394 e. The van der Waals surface area contributed by atoms with Gasteiger partial charge in [-0.1, -0.05) is 0 Å². The van der Waals surface area contributed by atoms with E-state index in [0.29, 0.717) is 0 Å². The van der Waals surface area contributed by atoms with Crippen molar-refractivity contribution in [1.82, 2.24) is 0 Å². The maximum atomic E-state index is 11.0. The maximum Gasteiger partial charge on any atom is 0.397 e. The van der Waals surface area contributed by atoms with Gasteiger partial charge in [-0.05, 0) is 6.92 Å². The van der Waals surface area contributed by atoms with Gasteiger partial charge in [-0.25, -0.2) is 4.18 Å². The normalized spacial score (nSPS) is 47.7. The van der Waals surface area contributed by atoms with Gasteiger partial charge in [-0.15, -0.1) is 0 Å². The molecule has 0 amide bonds. The van der Waals surface area contributed by atoms with Crippen LogP contribution in [0.2, 0.25) is 0 Å². The predicted octanol–water partition coefficient (Wildman–Crippen LogP) is -4.54. The second kappa shape index (κ2) is 8.26. The first-order valence-corrected chi connectivity index (χ1v) is 8.96. The van der Waals surface area contributed by atoms with Crippen LogP contribution >= 0.6 is 0 Å². The Hall–Kier alpha value is -0.490. The van der Waals surface area contributed by atoms with Crippen LogP contribution in [0.4, 0.5) is 0 Å². The molecule has 0 aromatic heterocycles. The van der Waals surface area contributed by atoms with Crippen LogP contribution in [0.15, 0.2) is 0 Å². The molecule has 154 valence electrons. The first-order valence-electron chi connectivity index (χ1n) is 7.59. The molecule has 13 nitrogen and oxygen atoms in total. The number of ether oxygens (including phenoxy) is 3. The van der Waals surface area contributed by atoms with Crippen molar-refractivity contribution in [3.05, 3.63) is 0 Å². The Morgan fingerprint density at radius 2 is 1.54 bits per heavy atom. The number of aliphatic hydroxyl groups is 6. The molecule has 2 rings (SSSR count). The van der Waals surface area contributed by atoms with Crippen LogP contribution in [0, 0.1) is 0 Å². The van der Waals surface area contributed by atoms with Crippen molar-refractivity contribution in [2.24, 2.45) is 0 Å². The van der Waals surface area contributed by atoms with E-state index >= 15 is 0 Å². The number of hydrogen-bond donors (Lipinski definition) is 7. The standard InChI is InChI=1S/C12H22O13S/c1-3-5(14)7(16)8(17)12(22-3)24-10-9(25-26(19,20)21)6(15)4(2-13)23-11(10)18/h3-18H,2H2,1H3,(H,19,20,21)/t3-,4+,5+,6-,7+,8-,9-,10+,11+,12-/m0/s1. The molecule has 0 saturated carbocycles. The lowest BCUT2D eigenvalue weighted by atomic mass is 9.97. The molecule has 2 saturated heterocycles. The third-order valence-electron chi connectivity index (χ3n) is 4.15. The minimum absolute atomic E-state index is 0.819. The molecule has 0 radical (unpaired) electrons. The summed E-state index contributed by atoms with van der Waals surface area (Å²) in [6.45, 7) is 0.535. The minimum atomic E-state index is -5.11. The van der Waals surface area contributed by atoms with Crippen molar-refractivity contribution in [2.75, 3.05) is 6.61 Å². The molecular weight excluding hydrogens is 384 g/mol. The molecule has 2 aliphatic heterocycles. The Labute approximate surface area is 148 Å². The highest BCUT2D eigenvalue weighted by atomic mass is 32.3. The van der Waals surface area contributed by atoms with Crippen molar-refractivity contribution in [3.8, 4) is 0 Å². The molecule has 0 unspecified atom stereocenters. The van der Waals surface area contributed by atoms with Crippen molar-refractivity contribution < 1.29 is 62.0 Å². The van der Waals surface area contributed by atoms with Crippen LogP contribution in [-0.4, -0.2) is 112 Å². The van der Waals surface area contributed by atoms with Gasteiger partial charge in [-0.2, -0.15) is 8.42 Å². The highest BCUT2D eigenvalue weighted by molar-refractivity contribution is 7.80. The van der Waals surface area contributed by atoms with Gasteiger partial charge < -0.3 is 44.8 Å². The fourth-order valence-corrected chi connectivity index (χ4v) is 3.24. The highest BCUT2D eigenvalue weighted by Crippen LogP contribution is 2.30. The lowest BCUT2D eigenvalue weighted by Gasteiger charge is -2.45. The first kappa shape index (κ1) is 21.8. The zero-order chi connectivity index (χ0) is 19.8. The van der Waals surface area contributed by atoms with Crippen LogP contribution < -0.4 is 0 Å². The van der Waals surface area contributed by atoms with Gasteiger partial charge in [0.2, 0.25) is 0 Å². The van der Waals surface area contributed by atoms with Gasteiger partial charge in [-0.3, -0.25) is 4.55 Å².